The van der Waals surface area contributed by atoms with Gasteiger partial charge in [-0.15, -0.1) is 0 Å². The first-order chi connectivity index (χ1) is 8.17. The van der Waals surface area contributed by atoms with Crippen molar-refractivity contribution in [1.82, 2.24) is 9.97 Å². The first kappa shape index (κ1) is 12.5. The predicted molar refractivity (Wildman–Crippen MR) is 72.8 cm³/mol. The summed E-state index contributed by atoms with van der Waals surface area (Å²) in [6, 6.07) is 1.60. The van der Waals surface area contributed by atoms with Crippen molar-refractivity contribution in [1.29, 1.82) is 0 Å². The fourth-order valence-electron chi connectivity index (χ4n) is 2.38. The van der Waals surface area contributed by atoms with Crippen LogP contribution in [0.4, 0.5) is 11.6 Å². The van der Waals surface area contributed by atoms with Crippen molar-refractivity contribution in [3.05, 3.63) is 6.07 Å². The van der Waals surface area contributed by atoms with E-state index in [1.54, 1.807) is 17.8 Å². The second-order valence-electron chi connectivity index (χ2n) is 4.68. The van der Waals surface area contributed by atoms with Gasteiger partial charge in [0.25, 0.3) is 0 Å². The van der Waals surface area contributed by atoms with Crippen LogP contribution in [0.15, 0.2) is 11.2 Å². The van der Waals surface area contributed by atoms with Gasteiger partial charge in [-0.25, -0.2) is 9.97 Å². The quantitative estimate of drug-likeness (QED) is 0.809. The lowest BCUT2D eigenvalue weighted by molar-refractivity contribution is 0.357. The predicted octanol–water partition coefficient (Wildman–Crippen LogP) is 2.70. The minimum absolute atomic E-state index is 0.461. The second kappa shape index (κ2) is 5.58. The van der Waals surface area contributed by atoms with Crippen LogP contribution in [0.2, 0.25) is 0 Å². The second-order valence-corrected chi connectivity index (χ2v) is 5.95. The Morgan fingerprint density at radius 2 is 2.00 bits per heavy atom. The molecule has 1 saturated carbocycles. The molecule has 0 bridgehead atoms. The maximum absolute atomic E-state index is 5.67. The van der Waals surface area contributed by atoms with Gasteiger partial charge in [0.15, 0.2) is 5.16 Å². The van der Waals surface area contributed by atoms with E-state index in [2.05, 4.69) is 16.9 Å². The molecule has 0 saturated heterocycles. The maximum atomic E-state index is 5.67. The normalized spacial score (nSPS) is 24.8. The number of anilines is 2. The van der Waals surface area contributed by atoms with Gasteiger partial charge < -0.3 is 11.5 Å². The van der Waals surface area contributed by atoms with E-state index in [1.807, 2.05) is 0 Å². The Hall–Kier alpha value is -0.970. The summed E-state index contributed by atoms with van der Waals surface area (Å²) in [6.45, 7) is 2.27. The maximum Gasteiger partial charge on any atom is 0.191 e. The molecule has 1 fully saturated rings. The largest absolute Gasteiger partial charge is 0.383 e. The Kier molecular flexibility index (Phi) is 4.10. The zero-order valence-electron chi connectivity index (χ0n) is 10.2. The third-order valence-electron chi connectivity index (χ3n) is 3.33. The highest BCUT2D eigenvalue weighted by molar-refractivity contribution is 7.99. The molecule has 2 atom stereocenters. The first-order valence-electron chi connectivity index (χ1n) is 6.24. The zero-order chi connectivity index (χ0) is 12.3. The fourth-order valence-corrected chi connectivity index (χ4v) is 3.65. The molecule has 1 aliphatic carbocycles. The highest BCUT2D eigenvalue weighted by Gasteiger charge is 2.22. The standard InChI is InChI=1S/C12H20N4S/c1-2-8-4-3-5-9(6-8)17-12-15-10(13)7-11(14)16-12/h7-9H,2-6H2,1H3,(H4,13,14,15,16). The summed E-state index contributed by atoms with van der Waals surface area (Å²) < 4.78 is 0. The Morgan fingerprint density at radius 1 is 1.29 bits per heavy atom. The van der Waals surface area contributed by atoms with Gasteiger partial charge in [-0.3, -0.25) is 0 Å². The molecule has 0 amide bonds. The monoisotopic (exact) mass is 252 g/mol. The molecule has 2 rings (SSSR count). The minimum atomic E-state index is 0.461. The average Bonchev–Trinajstić information content (AvgIpc) is 2.28. The molecule has 1 heterocycles. The van der Waals surface area contributed by atoms with Crippen molar-refractivity contribution in [2.45, 2.75) is 49.4 Å². The van der Waals surface area contributed by atoms with Gasteiger partial charge in [-0.1, -0.05) is 37.9 Å². The number of hydrogen-bond donors (Lipinski definition) is 2. The van der Waals surface area contributed by atoms with Crippen LogP contribution in [0.5, 0.6) is 0 Å². The minimum Gasteiger partial charge on any atom is -0.383 e. The van der Waals surface area contributed by atoms with E-state index in [0.29, 0.717) is 16.9 Å². The lowest BCUT2D eigenvalue weighted by Crippen LogP contribution is -2.17. The van der Waals surface area contributed by atoms with Crippen LogP contribution in [0.3, 0.4) is 0 Å². The van der Waals surface area contributed by atoms with E-state index < -0.39 is 0 Å². The Morgan fingerprint density at radius 3 is 2.65 bits per heavy atom. The Bertz CT molecular complexity index is 363. The van der Waals surface area contributed by atoms with Gasteiger partial charge in [0.1, 0.15) is 11.6 Å². The van der Waals surface area contributed by atoms with Gasteiger partial charge >= 0.3 is 0 Å². The molecule has 5 heteroatoms. The van der Waals surface area contributed by atoms with E-state index in [4.69, 9.17) is 11.5 Å². The number of aromatic nitrogens is 2. The van der Waals surface area contributed by atoms with Crippen LogP contribution in [0.25, 0.3) is 0 Å². The van der Waals surface area contributed by atoms with E-state index in [0.717, 1.165) is 11.1 Å². The van der Waals surface area contributed by atoms with Gasteiger partial charge in [0.2, 0.25) is 0 Å². The lowest BCUT2D eigenvalue weighted by Gasteiger charge is -2.27. The fraction of sp³-hybridized carbons (Fsp3) is 0.667. The van der Waals surface area contributed by atoms with Crippen LogP contribution in [0.1, 0.15) is 39.0 Å². The molecular formula is C12H20N4S. The number of nitrogen functional groups attached to an aromatic ring is 2. The molecule has 4 N–H and O–H groups in total. The third kappa shape index (κ3) is 3.49. The lowest BCUT2D eigenvalue weighted by atomic mass is 9.87. The van der Waals surface area contributed by atoms with Crippen molar-refractivity contribution in [3.8, 4) is 0 Å². The van der Waals surface area contributed by atoms with Gasteiger partial charge in [0.05, 0.1) is 0 Å². The summed E-state index contributed by atoms with van der Waals surface area (Å²) in [4.78, 5) is 8.46. The molecule has 17 heavy (non-hydrogen) atoms. The number of nitrogens with zero attached hydrogens (tertiary/aromatic N) is 2. The third-order valence-corrected chi connectivity index (χ3v) is 4.48. The highest BCUT2D eigenvalue weighted by Crippen LogP contribution is 2.36. The van der Waals surface area contributed by atoms with E-state index in [1.165, 1.54) is 32.1 Å². The van der Waals surface area contributed by atoms with Crippen LogP contribution in [0, 0.1) is 5.92 Å². The van der Waals surface area contributed by atoms with Crippen LogP contribution < -0.4 is 11.5 Å². The Labute approximate surface area is 107 Å². The molecule has 1 aromatic rings. The van der Waals surface area contributed by atoms with Crippen LogP contribution in [-0.2, 0) is 0 Å². The number of hydrogen-bond acceptors (Lipinski definition) is 5. The van der Waals surface area contributed by atoms with Gasteiger partial charge in [-0.05, 0) is 18.8 Å². The topological polar surface area (TPSA) is 77.8 Å². The molecule has 0 spiro atoms. The van der Waals surface area contributed by atoms with Crippen molar-refractivity contribution in [2.24, 2.45) is 5.92 Å². The first-order valence-corrected chi connectivity index (χ1v) is 7.12. The molecule has 1 aliphatic rings. The van der Waals surface area contributed by atoms with Crippen molar-refractivity contribution >= 4 is 23.4 Å². The average molecular weight is 252 g/mol. The molecule has 0 aliphatic heterocycles. The smallest absolute Gasteiger partial charge is 0.191 e. The summed E-state index contributed by atoms with van der Waals surface area (Å²) in [5.41, 5.74) is 11.3. The van der Waals surface area contributed by atoms with Gasteiger partial charge in [0, 0.05) is 11.3 Å². The number of nitrogens with two attached hydrogens (primary N) is 2. The highest BCUT2D eigenvalue weighted by atomic mass is 32.2. The van der Waals surface area contributed by atoms with Crippen molar-refractivity contribution in [2.75, 3.05) is 11.5 Å². The zero-order valence-corrected chi connectivity index (χ0v) is 11.0. The van der Waals surface area contributed by atoms with Gasteiger partial charge in [-0.2, -0.15) is 0 Å². The molecule has 0 aromatic carbocycles. The summed E-state index contributed by atoms with van der Waals surface area (Å²) >= 11 is 1.73. The summed E-state index contributed by atoms with van der Waals surface area (Å²) in [7, 11) is 0. The van der Waals surface area contributed by atoms with Crippen molar-refractivity contribution < 1.29 is 0 Å². The SMILES string of the molecule is CCC1CCCC(Sc2nc(N)cc(N)n2)C1. The number of rotatable bonds is 3. The van der Waals surface area contributed by atoms with Crippen LogP contribution >= 0.6 is 11.8 Å². The Balaban J connectivity index is 2.00. The van der Waals surface area contributed by atoms with E-state index in [9.17, 15) is 0 Å². The summed E-state index contributed by atoms with van der Waals surface area (Å²) in [5, 5.41) is 1.35. The van der Waals surface area contributed by atoms with Crippen LogP contribution in [-0.4, -0.2) is 15.2 Å². The molecule has 0 radical (unpaired) electrons. The van der Waals surface area contributed by atoms with E-state index >= 15 is 0 Å². The molecule has 1 aromatic heterocycles. The molecule has 4 nitrogen and oxygen atoms in total. The number of thioether (sulfide) groups is 1. The molecular weight excluding hydrogens is 232 g/mol. The summed E-state index contributed by atoms with van der Waals surface area (Å²) in [6.07, 6.45) is 6.47. The molecule has 2 unspecified atom stereocenters. The van der Waals surface area contributed by atoms with E-state index in [-0.39, 0.29) is 0 Å². The van der Waals surface area contributed by atoms with Crippen molar-refractivity contribution in [3.63, 3.8) is 0 Å². The molecule has 94 valence electrons. The summed E-state index contributed by atoms with van der Waals surface area (Å²) in [5.74, 6) is 1.78.